The molecule has 0 unspecified atom stereocenters. The maximum Gasteiger partial charge on any atom is 0.195 e. The van der Waals surface area contributed by atoms with Crippen LogP contribution in [-0.4, -0.2) is 62.3 Å². The highest BCUT2D eigenvalue weighted by Crippen LogP contribution is 2.32. The molecule has 6 heteroatoms. The Labute approximate surface area is 100 Å². The maximum atomic E-state index is 10.1. The summed E-state index contributed by atoms with van der Waals surface area (Å²) in [4.78, 5) is 0. The van der Waals surface area contributed by atoms with Gasteiger partial charge in [0.1, 0.15) is 24.4 Å². The number of rotatable bonds is 5. The van der Waals surface area contributed by atoms with Crippen molar-refractivity contribution in [3.05, 3.63) is 0 Å². The number of ether oxygens (including phenoxy) is 1. The van der Waals surface area contributed by atoms with Gasteiger partial charge in [-0.25, -0.2) is 0 Å². The van der Waals surface area contributed by atoms with E-state index in [9.17, 15) is 20.4 Å². The summed E-state index contributed by atoms with van der Waals surface area (Å²) in [6.45, 7) is 1.47. The number of hydrogen-bond donors (Lipinski definition) is 5. The first-order valence-corrected chi connectivity index (χ1v) is 6.01. The van der Waals surface area contributed by atoms with E-state index in [1.165, 1.54) is 0 Å². The fraction of sp³-hybridized carbons (Fsp3) is 1.00. The molecule has 0 amide bonds. The molecule has 5 atom stereocenters. The summed E-state index contributed by atoms with van der Waals surface area (Å²) in [6, 6.07) is 0. The van der Waals surface area contributed by atoms with E-state index < -0.39 is 36.8 Å². The van der Waals surface area contributed by atoms with Crippen LogP contribution in [0.1, 0.15) is 32.6 Å². The third kappa shape index (κ3) is 3.15. The van der Waals surface area contributed by atoms with E-state index in [2.05, 4.69) is 0 Å². The lowest BCUT2D eigenvalue weighted by atomic mass is 9.89. The van der Waals surface area contributed by atoms with E-state index >= 15 is 0 Å². The molecule has 0 aromatic rings. The Kier molecular flexibility index (Phi) is 5.30. The van der Waals surface area contributed by atoms with Crippen molar-refractivity contribution in [1.82, 2.24) is 0 Å². The molecule has 1 aliphatic heterocycles. The van der Waals surface area contributed by atoms with Gasteiger partial charge >= 0.3 is 0 Å². The van der Waals surface area contributed by atoms with Crippen LogP contribution in [0, 0.1) is 0 Å². The quantitative estimate of drug-likeness (QED) is 0.389. The average molecular weight is 250 g/mol. The first-order valence-electron chi connectivity index (χ1n) is 6.01. The van der Waals surface area contributed by atoms with Gasteiger partial charge < -0.3 is 30.3 Å². The monoisotopic (exact) mass is 250 g/mol. The van der Waals surface area contributed by atoms with Gasteiger partial charge in [0.2, 0.25) is 0 Å². The number of hydrogen-bond acceptors (Lipinski definition) is 6. The van der Waals surface area contributed by atoms with Crippen LogP contribution >= 0.6 is 0 Å². The van der Waals surface area contributed by atoms with Gasteiger partial charge in [-0.05, 0) is 6.42 Å². The zero-order valence-electron chi connectivity index (χ0n) is 9.99. The second kappa shape index (κ2) is 6.08. The standard InChI is InChI=1S/C11H22O6/c1-2-3-4-5-11(16)10(15)9(14)8(13)7(6-12)17-11/h7-10,12-16H,2-6H2,1H3/t7-,8-,9+,10-,11-/m1/s1. The smallest absolute Gasteiger partial charge is 0.195 e. The molecular formula is C11H22O6. The molecule has 17 heavy (non-hydrogen) atoms. The van der Waals surface area contributed by atoms with Gasteiger partial charge in [0.15, 0.2) is 5.79 Å². The molecule has 0 saturated carbocycles. The van der Waals surface area contributed by atoms with Crippen LogP contribution in [0.3, 0.4) is 0 Å². The van der Waals surface area contributed by atoms with E-state index in [1.54, 1.807) is 0 Å². The Morgan fingerprint density at radius 1 is 1.12 bits per heavy atom. The summed E-state index contributed by atoms with van der Waals surface area (Å²) in [5.74, 6) is -1.90. The van der Waals surface area contributed by atoms with Crippen molar-refractivity contribution in [3.63, 3.8) is 0 Å². The summed E-state index contributed by atoms with van der Waals surface area (Å²) in [5.41, 5.74) is 0. The maximum absolute atomic E-state index is 10.1. The number of unbranched alkanes of at least 4 members (excludes halogenated alkanes) is 2. The minimum Gasteiger partial charge on any atom is -0.394 e. The lowest BCUT2D eigenvalue weighted by molar-refractivity contribution is -0.351. The van der Waals surface area contributed by atoms with Crippen LogP contribution in [0.25, 0.3) is 0 Å². The molecule has 0 aromatic heterocycles. The van der Waals surface area contributed by atoms with Gasteiger partial charge in [-0.2, -0.15) is 0 Å². The van der Waals surface area contributed by atoms with Crippen molar-refractivity contribution in [2.45, 2.75) is 62.8 Å². The number of aliphatic hydroxyl groups excluding tert-OH is 4. The first kappa shape index (κ1) is 14.8. The molecule has 1 heterocycles. The molecule has 0 aliphatic carbocycles. The Bertz CT molecular complexity index is 234. The normalized spacial score (nSPS) is 42.7. The summed E-state index contributed by atoms with van der Waals surface area (Å²) in [5, 5.41) is 47.9. The highest BCUT2D eigenvalue weighted by Gasteiger charge is 2.51. The predicted octanol–water partition coefficient (Wildman–Crippen LogP) is -1.27. The minimum absolute atomic E-state index is 0.155. The van der Waals surface area contributed by atoms with Crippen LogP contribution in [0.2, 0.25) is 0 Å². The molecular weight excluding hydrogens is 228 g/mol. The van der Waals surface area contributed by atoms with Gasteiger partial charge in [-0.3, -0.25) is 0 Å². The third-order valence-corrected chi connectivity index (χ3v) is 3.19. The zero-order valence-corrected chi connectivity index (χ0v) is 9.99. The van der Waals surface area contributed by atoms with E-state index in [0.717, 1.165) is 12.8 Å². The predicted molar refractivity (Wildman–Crippen MR) is 59.1 cm³/mol. The van der Waals surface area contributed by atoms with E-state index in [4.69, 9.17) is 9.84 Å². The van der Waals surface area contributed by atoms with Crippen molar-refractivity contribution in [1.29, 1.82) is 0 Å². The van der Waals surface area contributed by atoms with Gasteiger partial charge in [0, 0.05) is 6.42 Å². The molecule has 1 rings (SSSR count). The topological polar surface area (TPSA) is 110 Å². The second-order valence-electron chi connectivity index (χ2n) is 4.57. The molecule has 0 aromatic carbocycles. The largest absolute Gasteiger partial charge is 0.394 e. The first-order chi connectivity index (χ1) is 7.96. The summed E-state index contributed by atoms with van der Waals surface area (Å²) < 4.78 is 5.11. The van der Waals surface area contributed by atoms with Gasteiger partial charge in [0.25, 0.3) is 0 Å². The fourth-order valence-electron chi connectivity index (χ4n) is 2.06. The molecule has 0 spiro atoms. The van der Waals surface area contributed by atoms with Crippen molar-refractivity contribution in [2.75, 3.05) is 6.61 Å². The molecule has 102 valence electrons. The summed E-state index contributed by atoms with van der Waals surface area (Å²) >= 11 is 0. The van der Waals surface area contributed by atoms with E-state index in [1.807, 2.05) is 6.92 Å². The van der Waals surface area contributed by atoms with Crippen LogP contribution in [0.4, 0.5) is 0 Å². The molecule has 5 N–H and O–H groups in total. The summed E-state index contributed by atoms with van der Waals surface area (Å²) in [7, 11) is 0. The second-order valence-corrected chi connectivity index (χ2v) is 4.57. The van der Waals surface area contributed by atoms with Gasteiger partial charge in [0.05, 0.1) is 6.61 Å². The van der Waals surface area contributed by atoms with Crippen molar-refractivity contribution in [3.8, 4) is 0 Å². The van der Waals surface area contributed by atoms with Crippen LogP contribution in [0.5, 0.6) is 0 Å². The Morgan fingerprint density at radius 2 is 1.76 bits per heavy atom. The number of aliphatic hydroxyl groups is 5. The molecule has 0 bridgehead atoms. The lowest BCUT2D eigenvalue weighted by Gasteiger charge is -2.45. The Hall–Kier alpha value is -0.240. The molecule has 1 fully saturated rings. The molecule has 0 radical (unpaired) electrons. The SMILES string of the molecule is CCCCC[C@@]1(O)O[C@H](CO)[C@@H](O)[C@H](O)[C@H]1O. The molecule has 1 aliphatic rings. The average Bonchev–Trinajstić information content (AvgIpc) is 2.32. The van der Waals surface area contributed by atoms with Gasteiger partial charge in [-0.15, -0.1) is 0 Å². The van der Waals surface area contributed by atoms with Crippen molar-refractivity contribution in [2.24, 2.45) is 0 Å². The van der Waals surface area contributed by atoms with E-state index in [0.29, 0.717) is 6.42 Å². The van der Waals surface area contributed by atoms with Crippen LogP contribution in [-0.2, 0) is 4.74 Å². The highest BCUT2D eigenvalue weighted by molar-refractivity contribution is 4.95. The summed E-state index contributed by atoms with van der Waals surface area (Å²) in [6.07, 6.45) is -2.99. The zero-order chi connectivity index (χ0) is 13.1. The van der Waals surface area contributed by atoms with E-state index in [-0.39, 0.29) is 6.42 Å². The lowest BCUT2D eigenvalue weighted by Crippen LogP contribution is -2.65. The minimum atomic E-state index is -1.90. The van der Waals surface area contributed by atoms with Crippen molar-refractivity contribution < 1.29 is 30.3 Å². The van der Waals surface area contributed by atoms with Crippen LogP contribution in [0.15, 0.2) is 0 Å². The Balaban J connectivity index is 2.69. The molecule has 1 saturated heterocycles. The fourth-order valence-corrected chi connectivity index (χ4v) is 2.06. The third-order valence-electron chi connectivity index (χ3n) is 3.19. The van der Waals surface area contributed by atoms with Gasteiger partial charge in [-0.1, -0.05) is 19.8 Å². The van der Waals surface area contributed by atoms with Crippen molar-refractivity contribution >= 4 is 0 Å². The Morgan fingerprint density at radius 3 is 2.29 bits per heavy atom. The highest BCUT2D eigenvalue weighted by atomic mass is 16.7. The van der Waals surface area contributed by atoms with Crippen LogP contribution < -0.4 is 0 Å². The molecule has 6 nitrogen and oxygen atoms in total.